The first kappa shape index (κ1) is 19.1. The fourth-order valence-electron chi connectivity index (χ4n) is 3.51. The number of nitrogens with zero attached hydrogens (tertiary/aromatic N) is 2. The van der Waals surface area contributed by atoms with Gasteiger partial charge in [0.2, 0.25) is 5.91 Å². The lowest BCUT2D eigenvalue weighted by molar-refractivity contribution is -0.130. The number of benzene rings is 2. The van der Waals surface area contributed by atoms with Crippen molar-refractivity contribution in [2.24, 2.45) is 0 Å². The van der Waals surface area contributed by atoms with Crippen LogP contribution >= 0.6 is 0 Å². The van der Waals surface area contributed by atoms with Crippen molar-refractivity contribution in [1.29, 1.82) is 0 Å². The highest BCUT2D eigenvalue weighted by Crippen LogP contribution is 2.16. The SMILES string of the molecule is Cc1ccc(C(=O)N2CCCN(C(=O)Cc3ccccc3F)CC2)c(C)c1. The van der Waals surface area contributed by atoms with E-state index in [1.54, 1.807) is 23.1 Å². The Kier molecular flexibility index (Phi) is 5.89. The molecule has 2 aromatic rings. The van der Waals surface area contributed by atoms with E-state index in [1.807, 2.05) is 36.9 Å². The van der Waals surface area contributed by atoms with Gasteiger partial charge in [-0.1, -0.05) is 35.9 Å². The van der Waals surface area contributed by atoms with Crippen LogP contribution in [0.3, 0.4) is 0 Å². The van der Waals surface area contributed by atoms with E-state index in [9.17, 15) is 14.0 Å². The van der Waals surface area contributed by atoms with Crippen LogP contribution in [0, 0.1) is 19.7 Å². The first-order chi connectivity index (χ1) is 13.0. The second kappa shape index (κ2) is 8.33. The van der Waals surface area contributed by atoms with Crippen molar-refractivity contribution in [3.8, 4) is 0 Å². The predicted molar refractivity (Wildman–Crippen MR) is 103 cm³/mol. The number of hydrogen-bond donors (Lipinski definition) is 0. The van der Waals surface area contributed by atoms with Gasteiger partial charge in [0.05, 0.1) is 6.42 Å². The molecule has 0 aromatic heterocycles. The lowest BCUT2D eigenvalue weighted by Gasteiger charge is -2.23. The van der Waals surface area contributed by atoms with Crippen LogP contribution in [0.2, 0.25) is 0 Å². The molecule has 3 rings (SSSR count). The number of aryl methyl sites for hydroxylation is 2. The first-order valence-corrected chi connectivity index (χ1v) is 9.33. The summed E-state index contributed by atoms with van der Waals surface area (Å²) in [4.78, 5) is 29.0. The maximum atomic E-state index is 13.8. The summed E-state index contributed by atoms with van der Waals surface area (Å²) in [5.41, 5.74) is 3.23. The van der Waals surface area contributed by atoms with E-state index in [0.717, 1.165) is 17.5 Å². The summed E-state index contributed by atoms with van der Waals surface area (Å²) >= 11 is 0. The summed E-state index contributed by atoms with van der Waals surface area (Å²) in [6.07, 6.45) is 0.775. The van der Waals surface area contributed by atoms with Gasteiger partial charge < -0.3 is 9.80 Å². The second-order valence-corrected chi connectivity index (χ2v) is 7.11. The maximum absolute atomic E-state index is 13.8. The van der Waals surface area contributed by atoms with Gasteiger partial charge in [0.1, 0.15) is 5.82 Å². The number of amides is 2. The van der Waals surface area contributed by atoms with Gasteiger partial charge >= 0.3 is 0 Å². The van der Waals surface area contributed by atoms with E-state index >= 15 is 0 Å². The van der Waals surface area contributed by atoms with Crippen LogP contribution < -0.4 is 0 Å². The van der Waals surface area contributed by atoms with Gasteiger partial charge in [-0.2, -0.15) is 0 Å². The van der Waals surface area contributed by atoms with Crippen LogP contribution in [0.15, 0.2) is 42.5 Å². The molecule has 0 spiro atoms. The van der Waals surface area contributed by atoms with E-state index in [0.29, 0.717) is 37.3 Å². The van der Waals surface area contributed by atoms with Gasteiger partial charge in [0, 0.05) is 31.7 Å². The molecule has 0 unspecified atom stereocenters. The molecule has 2 amide bonds. The summed E-state index contributed by atoms with van der Waals surface area (Å²) in [6.45, 7) is 6.13. The Labute approximate surface area is 159 Å². The smallest absolute Gasteiger partial charge is 0.254 e. The van der Waals surface area contributed by atoms with Crippen molar-refractivity contribution < 1.29 is 14.0 Å². The zero-order valence-electron chi connectivity index (χ0n) is 15.9. The van der Waals surface area contributed by atoms with Crippen LogP contribution in [0.4, 0.5) is 4.39 Å². The summed E-state index contributed by atoms with van der Waals surface area (Å²) in [7, 11) is 0. The third-order valence-corrected chi connectivity index (χ3v) is 5.05. The Balaban J connectivity index is 1.64. The number of carbonyl (C=O) groups excluding carboxylic acids is 2. The molecule has 0 N–H and O–H groups in total. The Morgan fingerprint density at radius 3 is 2.41 bits per heavy atom. The molecule has 0 saturated carbocycles. The summed E-state index contributed by atoms with van der Waals surface area (Å²) in [5, 5.41) is 0. The summed E-state index contributed by atoms with van der Waals surface area (Å²) in [5.74, 6) is -0.441. The third-order valence-electron chi connectivity index (χ3n) is 5.05. The summed E-state index contributed by atoms with van der Waals surface area (Å²) < 4.78 is 13.8. The van der Waals surface area contributed by atoms with Crippen molar-refractivity contribution in [3.05, 3.63) is 70.5 Å². The molecule has 4 nitrogen and oxygen atoms in total. The van der Waals surface area contributed by atoms with Crippen molar-refractivity contribution in [2.75, 3.05) is 26.2 Å². The molecule has 1 heterocycles. The number of hydrogen-bond acceptors (Lipinski definition) is 2. The van der Waals surface area contributed by atoms with E-state index in [1.165, 1.54) is 6.07 Å². The molecule has 1 saturated heterocycles. The van der Waals surface area contributed by atoms with Crippen LogP contribution in [-0.4, -0.2) is 47.8 Å². The molecular weight excluding hydrogens is 343 g/mol. The van der Waals surface area contributed by atoms with Gasteiger partial charge in [0.25, 0.3) is 5.91 Å². The monoisotopic (exact) mass is 368 g/mol. The van der Waals surface area contributed by atoms with Crippen molar-refractivity contribution in [3.63, 3.8) is 0 Å². The molecule has 1 aliphatic heterocycles. The van der Waals surface area contributed by atoms with Crippen molar-refractivity contribution >= 4 is 11.8 Å². The normalized spacial score (nSPS) is 14.8. The van der Waals surface area contributed by atoms with Crippen LogP contribution in [0.25, 0.3) is 0 Å². The maximum Gasteiger partial charge on any atom is 0.254 e. The zero-order valence-corrected chi connectivity index (χ0v) is 15.9. The van der Waals surface area contributed by atoms with Gasteiger partial charge in [-0.3, -0.25) is 9.59 Å². The minimum Gasteiger partial charge on any atom is -0.341 e. The number of carbonyl (C=O) groups is 2. The highest BCUT2D eigenvalue weighted by Gasteiger charge is 2.24. The highest BCUT2D eigenvalue weighted by atomic mass is 19.1. The quantitative estimate of drug-likeness (QED) is 0.834. The third kappa shape index (κ3) is 4.54. The minimum atomic E-state index is -0.354. The fraction of sp³-hybridized carbons (Fsp3) is 0.364. The van der Waals surface area contributed by atoms with Gasteiger partial charge in [-0.05, 0) is 43.5 Å². The zero-order chi connectivity index (χ0) is 19.4. The lowest BCUT2D eigenvalue weighted by Crippen LogP contribution is -2.38. The van der Waals surface area contributed by atoms with Crippen LogP contribution in [0.5, 0.6) is 0 Å². The molecule has 1 aliphatic rings. The topological polar surface area (TPSA) is 40.6 Å². The van der Waals surface area contributed by atoms with Crippen molar-refractivity contribution in [2.45, 2.75) is 26.7 Å². The van der Waals surface area contributed by atoms with Crippen LogP contribution in [0.1, 0.15) is 33.5 Å². The molecule has 5 heteroatoms. The average Bonchev–Trinajstić information content (AvgIpc) is 2.89. The fourth-order valence-corrected chi connectivity index (χ4v) is 3.51. The Morgan fingerprint density at radius 1 is 0.963 bits per heavy atom. The first-order valence-electron chi connectivity index (χ1n) is 9.33. The highest BCUT2D eigenvalue weighted by molar-refractivity contribution is 5.95. The largest absolute Gasteiger partial charge is 0.341 e. The molecule has 0 atom stereocenters. The second-order valence-electron chi connectivity index (χ2n) is 7.11. The lowest BCUT2D eigenvalue weighted by atomic mass is 10.0. The standard InChI is InChI=1S/C22H25FN2O2/c1-16-8-9-19(17(2)14-16)22(27)25-11-5-10-24(12-13-25)21(26)15-18-6-3-4-7-20(18)23/h3-4,6-9,14H,5,10-13,15H2,1-2H3. The molecule has 0 bridgehead atoms. The molecule has 0 radical (unpaired) electrons. The predicted octanol–water partition coefficient (Wildman–Crippen LogP) is 3.36. The Bertz CT molecular complexity index is 850. The Morgan fingerprint density at radius 2 is 1.67 bits per heavy atom. The Hall–Kier alpha value is -2.69. The van der Waals surface area contributed by atoms with E-state index in [2.05, 4.69) is 0 Å². The minimum absolute atomic E-state index is 0.0101. The van der Waals surface area contributed by atoms with Crippen molar-refractivity contribution in [1.82, 2.24) is 9.80 Å². The molecule has 27 heavy (non-hydrogen) atoms. The average molecular weight is 368 g/mol. The van der Waals surface area contributed by atoms with Crippen LogP contribution in [-0.2, 0) is 11.2 Å². The molecule has 142 valence electrons. The molecular formula is C22H25FN2O2. The molecule has 1 fully saturated rings. The molecule has 0 aliphatic carbocycles. The summed E-state index contributed by atoms with van der Waals surface area (Å²) in [6, 6.07) is 12.2. The molecule has 2 aromatic carbocycles. The van der Waals surface area contributed by atoms with E-state index < -0.39 is 0 Å². The van der Waals surface area contributed by atoms with Gasteiger partial charge in [-0.15, -0.1) is 0 Å². The van der Waals surface area contributed by atoms with E-state index in [4.69, 9.17) is 0 Å². The number of halogens is 1. The number of rotatable bonds is 3. The van der Waals surface area contributed by atoms with Gasteiger partial charge in [0.15, 0.2) is 0 Å². The van der Waals surface area contributed by atoms with Gasteiger partial charge in [-0.25, -0.2) is 4.39 Å². The van der Waals surface area contributed by atoms with E-state index in [-0.39, 0.29) is 24.1 Å².